The molecule has 0 spiro atoms. The van der Waals surface area contributed by atoms with E-state index in [1.165, 1.54) is 27.8 Å². The van der Waals surface area contributed by atoms with E-state index >= 15 is 0 Å². The van der Waals surface area contributed by atoms with Crippen LogP contribution in [0.5, 0.6) is 0 Å². The van der Waals surface area contributed by atoms with E-state index in [4.69, 9.17) is 4.74 Å². The van der Waals surface area contributed by atoms with Gasteiger partial charge in [-0.2, -0.15) is 9.57 Å². The van der Waals surface area contributed by atoms with E-state index in [1.54, 1.807) is 19.1 Å². The van der Waals surface area contributed by atoms with Crippen molar-refractivity contribution >= 4 is 38.2 Å². The first-order chi connectivity index (χ1) is 15.2. The highest BCUT2D eigenvalue weighted by molar-refractivity contribution is 7.89. The monoisotopic (exact) mass is 475 g/mol. The van der Waals surface area contributed by atoms with Gasteiger partial charge in [0.1, 0.15) is 11.1 Å². The summed E-state index contributed by atoms with van der Waals surface area (Å²) in [5.41, 5.74) is 1.25. The molecule has 0 radical (unpaired) electrons. The molecule has 2 heterocycles. The Bertz CT molecular complexity index is 1170. The van der Waals surface area contributed by atoms with Gasteiger partial charge in [-0.15, -0.1) is 11.3 Å². The Kier molecular flexibility index (Phi) is 7.33. The average Bonchev–Trinajstić information content (AvgIpc) is 3.06. The summed E-state index contributed by atoms with van der Waals surface area (Å²) in [6.07, 6.45) is 0.690. The van der Waals surface area contributed by atoms with Gasteiger partial charge in [0, 0.05) is 23.9 Å². The summed E-state index contributed by atoms with van der Waals surface area (Å²) in [4.78, 5) is 26.1. The predicted molar refractivity (Wildman–Crippen MR) is 121 cm³/mol. The fourth-order valence-electron chi connectivity index (χ4n) is 3.66. The van der Waals surface area contributed by atoms with Gasteiger partial charge in [0.2, 0.25) is 15.9 Å². The molecule has 8 nitrogen and oxygen atoms in total. The number of rotatable bonds is 6. The number of nitrogens with one attached hydrogen (secondary N) is 1. The molecule has 1 aliphatic heterocycles. The van der Waals surface area contributed by atoms with Crippen LogP contribution in [0, 0.1) is 31.1 Å². The summed E-state index contributed by atoms with van der Waals surface area (Å²) >= 11 is 1.32. The van der Waals surface area contributed by atoms with E-state index in [0.717, 1.165) is 10.4 Å². The molecule has 10 heteroatoms. The van der Waals surface area contributed by atoms with Crippen LogP contribution in [-0.2, 0) is 19.6 Å². The van der Waals surface area contributed by atoms with E-state index in [9.17, 15) is 23.3 Å². The topological polar surface area (TPSA) is 117 Å². The second-order valence-electron chi connectivity index (χ2n) is 7.48. The molecule has 1 aromatic carbocycles. The minimum Gasteiger partial charge on any atom is -0.462 e. The van der Waals surface area contributed by atoms with Gasteiger partial charge < -0.3 is 10.1 Å². The van der Waals surface area contributed by atoms with Crippen LogP contribution in [0.2, 0.25) is 0 Å². The molecule has 0 unspecified atom stereocenters. The summed E-state index contributed by atoms with van der Waals surface area (Å²) in [6, 6.07) is 8.01. The van der Waals surface area contributed by atoms with Gasteiger partial charge in [-0.1, -0.05) is 12.1 Å². The standard InChI is InChI=1S/C22H25N3O5S2/c1-4-30-22(27)19-14(2)15(3)31-21(19)24-20(26)16-9-11-25(12-10-16)32(28,29)18-8-6-5-7-17(18)13-23/h5-8,16H,4,9-12H2,1-3H3,(H,24,26). The maximum atomic E-state index is 13.0. The zero-order valence-corrected chi connectivity index (χ0v) is 19.8. The number of esters is 1. The van der Waals surface area contributed by atoms with Crippen LogP contribution in [0.1, 0.15) is 46.1 Å². The molecule has 32 heavy (non-hydrogen) atoms. The van der Waals surface area contributed by atoms with Gasteiger partial charge in [-0.3, -0.25) is 4.79 Å². The van der Waals surface area contributed by atoms with Crippen molar-refractivity contribution in [1.29, 1.82) is 5.26 Å². The number of nitriles is 1. The van der Waals surface area contributed by atoms with E-state index < -0.39 is 16.0 Å². The van der Waals surface area contributed by atoms with Gasteiger partial charge in [0.05, 0.1) is 22.6 Å². The summed E-state index contributed by atoms with van der Waals surface area (Å²) < 4.78 is 32.4. The number of hydrogen-bond acceptors (Lipinski definition) is 7. The van der Waals surface area contributed by atoms with Gasteiger partial charge in [0.25, 0.3) is 0 Å². The molecule has 0 aliphatic carbocycles. The molecule has 0 saturated carbocycles. The van der Waals surface area contributed by atoms with Gasteiger partial charge in [0.15, 0.2) is 0 Å². The number of piperidine rings is 1. The van der Waals surface area contributed by atoms with Crippen LogP contribution in [0.25, 0.3) is 0 Å². The van der Waals surface area contributed by atoms with Crippen molar-refractivity contribution in [2.45, 2.75) is 38.5 Å². The Morgan fingerprint density at radius 1 is 1.25 bits per heavy atom. The summed E-state index contributed by atoms with van der Waals surface area (Å²) in [5.74, 6) is -1.10. The third-order valence-corrected chi connectivity index (χ3v) is 8.63. The van der Waals surface area contributed by atoms with E-state index in [0.29, 0.717) is 23.4 Å². The fourth-order valence-corrected chi connectivity index (χ4v) is 6.32. The number of carbonyl (C=O) groups excluding carboxylic acids is 2. The van der Waals surface area contributed by atoms with Crippen LogP contribution < -0.4 is 5.32 Å². The van der Waals surface area contributed by atoms with Crippen LogP contribution in [-0.4, -0.2) is 44.3 Å². The molecular weight excluding hydrogens is 450 g/mol. The highest BCUT2D eigenvalue weighted by Gasteiger charge is 2.34. The molecule has 2 aromatic rings. The minimum atomic E-state index is -3.82. The first-order valence-electron chi connectivity index (χ1n) is 10.3. The van der Waals surface area contributed by atoms with Crippen LogP contribution >= 0.6 is 11.3 Å². The van der Waals surface area contributed by atoms with Gasteiger partial charge >= 0.3 is 5.97 Å². The van der Waals surface area contributed by atoms with Crippen LogP contribution in [0.15, 0.2) is 29.2 Å². The lowest BCUT2D eigenvalue weighted by Crippen LogP contribution is -2.41. The van der Waals surface area contributed by atoms with Crippen LogP contribution in [0.4, 0.5) is 5.00 Å². The number of benzene rings is 1. The van der Waals surface area contributed by atoms with Crippen molar-refractivity contribution < 1.29 is 22.7 Å². The van der Waals surface area contributed by atoms with E-state index in [-0.39, 0.29) is 42.0 Å². The smallest absolute Gasteiger partial charge is 0.341 e. The third-order valence-electron chi connectivity index (χ3n) is 5.55. The number of thiophene rings is 1. The number of carbonyl (C=O) groups is 2. The minimum absolute atomic E-state index is 0.0194. The fraction of sp³-hybridized carbons (Fsp3) is 0.409. The van der Waals surface area contributed by atoms with E-state index in [1.807, 2.05) is 19.9 Å². The maximum absolute atomic E-state index is 13.0. The van der Waals surface area contributed by atoms with Crippen LogP contribution in [0.3, 0.4) is 0 Å². The van der Waals surface area contributed by atoms with Crippen molar-refractivity contribution in [3.05, 3.63) is 45.8 Å². The number of hydrogen-bond donors (Lipinski definition) is 1. The zero-order chi connectivity index (χ0) is 23.5. The molecule has 1 aliphatic rings. The number of amides is 1. The van der Waals surface area contributed by atoms with Crippen molar-refractivity contribution in [2.75, 3.05) is 25.0 Å². The lowest BCUT2D eigenvalue weighted by Gasteiger charge is -2.30. The lowest BCUT2D eigenvalue weighted by molar-refractivity contribution is -0.120. The maximum Gasteiger partial charge on any atom is 0.341 e. The molecule has 1 amide bonds. The molecule has 0 bridgehead atoms. The summed E-state index contributed by atoms with van der Waals surface area (Å²) in [5, 5.41) is 12.5. The molecule has 1 N–H and O–H groups in total. The number of ether oxygens (including phenoxy) is 1. The highest BCUT2D eigenvalue weighted by Crippen LogP contribution is 2.34. The Morgan fingerprint density at radius 3 is 2.53 bits per heavy atom. The highest BCUT2D eigenvalue weighted by atomic mass is 32.2. The number of nitrogens with zero attached hydrogens (tertiary/aromatic N) is 2. The molecule has 170 valence electrons. The van der Waals surface area contributed by atoms with Crippen molar-refractivity contribution in [3.8, 4) is 6.07 Å². The lowest BCUT2D eigenvalue weighted by atomic mass is 9.97. The molecule has 0 atom stereocenters. The summed E-state index contributed by atoms with van der Waals surface area (Å²) in [6.45, 7) is 6.00. The zero-order valence-electron chi connectivity index (χ0n) is 18.2. The molecular formula is C22H25N3O5S2. The Hall–Kier alpha value is -2.74. The van der Waals surface area contributed by atoms with E-state index in [2.05, 4.69) is 5.32 Å². The Labute approximate surface area is 191 Å². The molecule has 1 fully saturated rings. The Morgan fingerprint density at radius 2 is 1.91 bits per heavy atom. The second-order valence-corrected chi connectivity index (χ2v) is 10.6. The molecule has 1 aromatic heterocycles. The van der Waals surface area contributed by atoms with Gasteiger partial charge in [-0.25, -0.2) is 13.2 Å². The first kappa shape index (κ1) is 23.9. The Balaban J connectivity index is 1.70. The number of anilines is 1. The molecule has 3 rings (SSSR count). The molecule has 1 saturated heterocycles. The van der Waals surface area contributed by atoms with Crippen molar-refractivity contribution in [2.24, 2.45) is 5.92 Å². The largest absolute Gasteiger partial charge is 0.462 e. The predicted octanol–water partition coefficient (Wildman–Crippen LogP) is 3.45. The quantitative estimate of drug-likeness (QED) is 0.640. The van der Waals surface area contributed by atoms with Crippen molar-refractivity contribution in [3.63, 3.8) is 0 Å². The first-order valence-corrected chi connectivity index (χ1v) is 12.5. The summed E-state index contributed by atoms with van der Waals surface area (Å²) in [7, 11) is -3.82. The average molecular weight is 476 g/mol. The second kappa shape index (κ2) is 9.81. The SMILES string of the molecule is CCOC(=O)c1c(NC(=O)C2CCN(S(=O)(=O)c3ccccc3C#N)CC2)sc(C)c1C. The van der Waals surface area contributed by atoms with Crippen molar-refractivity contribution in [1.82, 2.24) is 4.31 Å². The number of sulfonamides is 1. The number of aryl methyl sites for hydroxylation is 1. The van der Waals surface area contributed by atoms with Gasteiger partial charge in [-0.05, 0) is 51.3 Å². The normalized spacial score (nSPS) is 15.2. The third kappa shape index (κ3) is 4.70.